The molecule has 3 aromatic rings. The largest absolute Gasteiger partial charge is 0.508 e. The van der Waals surface area contributed by atoms with E-state index in [4.69, 9.17) is 10.3 Å². The number of hydrogen-bond donors (Lipinski definition) is 2. The number of hydrogen-bond acceptors (Lipinski definition) is 5. The van der Waals surface area contributed by atoms with Gasteiger partial charge in [-0.3, -0.25) is 0 Å². The lowest BCUT2D eigenvalue weighted by molar-refractivity contribution is 0.385. The molecule has 0 saturated heterocycles. The lowest BCUT2D eigenvalue weighted by atomic mass is 10.0. The van der Waals surface area contributed by atoms with E-state index in [0.29, 0.717) is 24.7 Å². The van der Waals surface area contributed by atoms with E-state index in [-0.39, 0.29) is 5.75 Å². The van der Waals surface area contributed by atoms with Crippen LogP contribution in [0.2, 0.25) is 0 Å². The van der Waals surface area contributed by atoms with Gasteiger partial charge >= 0.3 is 0 Å². The maximum atomic E-state index is 9.29. The summed E-state index contributed by atoms with van der Waals surface area (Å²) in [5.74, 6) is 1.26. The Balaban J connectivity index is 1.83. The van der Waals surface area contributed by atoms with Gasteiger partial charge in [0.2, 0.25) is 11.7 Å². The van der Waals surface area contributed by atoms with Crippen molar-refractivity contribution >= 4 is 0 Å². The van der Waals surface area contributed by atoms with Crippen molar-refractivity contribution in [3.8, 4) is 17.1 Å². The van der Waals surface area contributed by atoms with Gasteiger partial charge in [-0.05, 0) is 35.4 Å². The molecule has 0 aliphatic heterocycles. The van der Waals surface area contributed by atoms with Crippen molar-refractivity contribution < 1.29 is 9.63 Å². The SMILES string of the molecule is NCc1ccccc1Cc1nc(-c2ccc(O)cc2)no1. The fraction of sp³-hybridized carbons (Fsp3) is 0.125. The van der Waals surface area contributed by atoms with E-state index in [0.717, 1.165) is 16.7 Å². The number of nitrogens with zero attached hydrogens (tertiary/aromatic N) is 2. The molecule has 0 amide bonds. The number of nitrogens with two attached hydrogens (primary N) is 1. The first-order valence-electron chi connectivity index (χ1n) is 6.65. The molecule has 0 spiro atoms. The Bertz CT molecular complexity index is 735. The lowest BCUT2D eigenvalue weighted by Gasteiger charge is -2.03. The van der Waals surface area contributed by atoms with E-state index in [1.54, 1.807) is 24.3 Å². The zero-order valence-corrected chi connectivity index (χ0v) is 11.4. The number of phenols is 1. The molecule has 0 fully saturated rings. The topological polar surface area (TPSA) is 85.2 Å². The van der Waals surface area contributed by atoms with Crippen LogP contribution in [0.15, 0.2) is 53.1 Å². The van der Waals surface area contributed by atoms with Gasteiger partial charge in [0.05, 0.1) is 6.42 Å². The van der Waals surface area contributed by atoms with E-state index in [1.165, 1.54) is 0 Å². The number of phenolic OH excluding ortho intramolecular Hbond substituents is 1. The van der Waals surface area contributed by atoms with Gasteiger partial charge in [-0.15, -0.1) is 0 Å². The second-order valence-electron chi connectivity index (χ2n) is 4.71. The average molecular weight is 281 g/mol. The second-order valence-corrected chi connectivity index (χ2v) is 4.71. The standard InChI is InChI=1S/C16H15N3O2/c17-10-13-4-2-1-3-12(13)9-15-18-16(19-21-15)11-5-7-14(20)8-6-11/h1-8,20H,9-10,17H2. The van der Waals surface area contributed by atoms with Crippen LogP contribution in [-0.2, 0) is 13.0 Å². The molecule has 3 rings (SSSR count). The smallest absolute Gasteiger partial charge is 0.231 e. The highest BCUT2D eigenvalue weighted by atomic mass is 16.5. The minimum atomic E-state index is 0.208. The minimum absolute atomic E-state index is 0.208. The number of aromatic nitrogens is 2. The monoisotopic (exact) mass is 281 g/mol. The Kier molecular flexibility index (Phi) is 3.66. The first-order valence-corrected chi connectivity index (χ1v) is 6.65. The summed E-state index contributed by atoms with van der Waals surface area (Å²) in [5, 5.41) is 13.3. The third-order valence-corrected chi connectivity index (χ3v) is 3.27. The molecule has 5 nitrogen and oxygen atoms in total. The third kappa shape index (κ3) is 2.93. The molecule has 0 aliphatic carbocycles. The first-order chi connectivity index (χ1) is 10.3. The van der Waals surface area contributed by atoms with Crippen molar-refractivity contribution in [2.45, 2.75) is 13.0 Å². The van der Waals surface area contributed by atoms with Crippen LogP contribution in [0.4, 0.5) is 0 Å². The van der Waals surface area contributed by atoms with Crippen molar-refractivity contribution in [3.05, 3.63) is 65.5 Å². The Morgan fingerprint density at radius 3 is 2.43 bits per heavy atom. The Morgan fingerprint density at radius 1 is 1.00 bits per heavy atom. The highest BCUT2D eigenvalue weighted by Gasteiger charge is 2.10. The molecular formula is C16H15N3O2. The van der Waals surface area contributed by atoms with Gasteiger partial charge in [0.1, 0.15) is 5.75 Å². The van der Waals surface area contributed by atoms with Crippen LogP contribution < -0.4 is 5.73 Å². The van der Waals surface area contributed by atoms with Crippen LogP contribution in [0, 0.1) is 0 Å². The normalized spacial score (nSPS) is 10.7. The summed E-state index contributed by atoms with van der Waals surface area (Å²) in [4.78, 5) is 4.38. The Morgan fingerprint density at radius 2 is 1.71 bits per heavy atom. The summed E-state index contributed by atoms with van der Waals surface area (Å²) in [6.07, 6.45) is 0.554. The van der Waals surface area contributed by atoms with Gasteiger partial charge in [0, 0.05) is 12.1 Å². The molecule has 0 radical (unpaired) electrons. The van der Waals surface area contributed by atoms with E-state index < -0.39 is 0 Å². The summed E-state index contributed by atoms with van der Waals surface area (Å²) >= 11 is 0. The van der Waals surface area contributed by atoms with Crippen LogP contribution in [-0.4, -0.2) is 15.2 Å². The molecule has 0 aliphatic rings. The molecule has 0 bridgehead atoms. The summed E-state index contributed by atoms with van der Waals surface area (Å²) in [5.41, 5.74) is 8.68. The molecule has 1 aromatic heterocycles. The fourth-order valence-corrected chi connectivity index (χ4v) is 2.15. The highest BCUT2D eigenvalue weighted by Crippen LogP contribution is 2.20. The molecule has 5 heteroatoms. The quantitative estimate of drug-likeness (QED) is 0.767. The summed E-state index contributed by atoms with van der Waals surface area (Å²) in [6, 6.07) is 14.6. The zero-order valence-electron chi connectivity index (χ0n) is 11.4. The van der Waals surface area contributed by atoms with E-state index >= 15 is 0 Å². The molecule has 0 atom stereocenters. The molecule has 1 heterocycles. The van der Waals surface area contributed by atoms with Crippen molar-refractivity contribution in [1.29, 1.82) is 0 Å². The van der Waals surface area contributed by atoms with E-state index in [2.05, 4.69) is 10.1 Å². The molecule has 0 saturated carbocycles. The highest BCUT2D eigenvalue weighted by molar-refractivity contribution is 5.55. The van der Waals surface area contributed by atoms with Gasteiger partial charge in [0.15, 0.2) is 0 Å². The van der Waals surface area contributed by atoms with Crippen LogP contribution >= 0.6 is 0 Å². The van der Waals surface area contributed by atoms with Crippen molar-refractivity contribution in [3.63, 3.8) is 0 Å². The molecule has 2 aromatic carbocycles. The van der Waals surface area contributed by atoms with E-state index in [1.807, 2.05) is 24.3 Å². The summed E-state index contributed by atoms with van der Waals surface area (Å²) in [7, 11) is 0. The van der Waals surface area contributed by atoms with Crippen LogP contribution in [0.1, 0.15) is 17.0 Å². The van der Waals surface area contributed by atoms with Gasteiger partial charge in [0.25, 0.3) is 0 Å². The van der Waals surface area contributed by atoms with Crippen molar-refractivity contribution in [2.75, 3.05) is 0 Å². The van der Waals surface area contributed by atoms with Gasteiger partial charge in [-0.2, -0.15) is 4.98 Å². The summed E-state index contributed by atoms with van der Waals surface area (Å²) < 4.78 is 5.29. The van der Waals surface area contributed by atoms with Gasteiger partial charge in [-0.1, -0.05) is 29.4 Å². The molecule has 3 N–H and O–H groups in total. The maximum absolute atomic E-state index is 9.29. The Hall–Kier alpha value is -2.66. The molecule has 21 heavy (non-hydrogen) atoms. The number of rotatable bonds is 4. The fourth-order valence-electron chi connectivity index (χ4n) is 2.15. The first kappa shape index (κ1) is 13.3. The Labute approximate surface area is 122 Å². The summed E-state index contributed by atoms with van der Waals surface area (Å²) in [6.45, 7) is 0.481. The second kappa shape index (κ2) is 5.76. The third-order valence-electron chi connectivity index (χ3n) is 3.27. The van der Waals surface area contributed by atoms with Gasteiger partial charge < -0.3 is 15.4 Å². The maximum Gasteiger partial charge on any atom is 0.231 e. The van der Waals surface area contributed by atoms with Crippen molar-refractivity contribution in [1.82, 2.24) is 10.1 Å². The zero-order chi connectivity index (χ0) is 14.7. The minimum Gasteiger partial charge on any atom is -0.508 e. The number of aromatic hydroxyl groups is 1. The molecule has 106 valence electrons. The number of benzene rings is 2. The molecular weight excluding hydrogens is 266 g/mol. The average Bonchev–Trinajstić information content (AvgIpc) is 2.97. The van der Waals surface area contributed by atoms with Crippen LogP contribution in [0.3, 0.4) is 0 Å². The van der Waals surface area contributed by atoms with Gasteiger partial charge in [-0.25, -0.2) is 0 Å². The predicted octanol–water partition coefficient (Wildman–Crippen LogP) is 2.49. The predicted molar refractivity (Wildman–Crippen MR) is 78.5 cm³/mol. The van der Waals surface area contributed by atoms with Crippen LogP contribution in [0.25, 0.3) is 11.4 Å². The molecule has 0 unspecified atom stereocenters. The van der Waals surface area contributed by atoms with Crippen molar-refractivity contribution in [2.24, 2.45) is 5.73 Å². The van der Waals surface area contributed by atoms with Crippen LogP contribution in [0.5, 0.6) is 5.75 Å². The van der Waals surface area contributed by atoms with E-state index in [9.17, 15) is 5.11 Å². The lowest BCUT2D eigenvalue weighted by Crippen LogP contribution is -2.02.